The lowest BCUT2D eigenvalue weighted by molar-refractivity contribution is -0.140. The lowest BCUT2D eigenvalue weighted by atomic mass is 9.63. The number of rotatable bonds is 5. The number of carbonyl (C=O) groups is 3. The van der Waals surface area contributed by atoms with Crippen LogP contribution in [-0.4, -0.2) is 36.4 Å². The summed E-state index contributed by atoms with van der Waals surface area (Å²) in [7, 11) is 1.55. The van der Waals surface area contributed by atoms with Gasteiger partial charge in [0.1, 0.15) is 12.4 Å². The van der Waals surface area contributed by atoms with Crippen LogP contribution < -0.4 is 9.64 Å². The number of hydrogen-bond acceptors (Lipinski definition) is 4. The van der Waals surface area contributed by atoms with Crippen molar-refractivity contribution in [3.05, 3.63) is 72.3 Å². The van der Waals surface area contributed by atoms with E-state index in [1.807, 2.05) is 30.3 Å². The molecule has 3 amide bonds. The number of carbonyl (C=O) groups excluding carboxylic acids is 3. The average molecular weight is 428 g/mol. The van der Waals surface area contributed by atoms with E-state index in [9.17, 15) is 14.4 Å². The summed E-state index contributed by atoms with van der Waals surface area (Å²) in [4.78, 5) is 43.3. The van der Waals surface area contributed by atoms with Gasteiger partial charge in [0.15, 0.2) is 0 Å². The molecule has 5 aliphatic rings. The quantitative estimate of drug-likeness (QED) is 0.541. The number of hydrogen-bond donors (Lipinski definition) is 0. The fraction of sp³-hybridized carbons (Fsp3) is 0.346. The summed E-state index contributed by atoms with van der Waals surface area (Å²) < 4.78 is 5.27. The first-order chi connectivity index (χ1) is 15.6. The molecule has 162 valence electrons. The molecule has 1 saturated heterocycles. The summed E-state index contributed by atoms with van der Waals surface area (Å²) in [6.07, 6.45) is 5.44. The van der Waals surface area contributed by atoms with Crippen LogP contribution in [0.1, 0.15) is 16.8 Å². The Hall–Kier alpha value is -3.41. The Morgan fingerprint density at radius 1 is 0.969 bits per heavy atom. The monoisotopic (exact) mass is 428 g/mol. The minimum Gasteiger partial charge on any atom is -0.497 e. The van der Waals surface area contributed by atoms with E-state index >= 15 is 0 Å². The maximum absolute atomic E-state index is 13.5. The van der Waals surface area contributed by atoms with Gasteiger partial charge in [-0.2, -0.15) is 0 Å². The van der Waals surface area contributed by atoms with Crippen LogP contribution in [0.5, 0.6) is 5.75 Å². The Morgan fingerprint density at radius 2 is 1.62 bits per heavy atom. The summed E-state index contributed by atoms with van der Waals surface area (Å²) in [5.41, 5.74) is 1.08. The molecule has 6 heteroatoms. The van der Waals surface area contributed by atoms with Crippen molar-refractivity contribution >= 4 is 23.4 Å². The van der Waals surface area contributed by atoms with Crippen molar-refractivity contribution in [2.45, 2.75) is 6.42 Å². The SMILES string of the molecule is COc1cccc(C(=O)N(CN2C(=O)[C@@H]3[C@H]4C=C[C@@H]([C@@H]5C[C@H]45)[C@@H]3C2=O)c2ccccc2)c1. The fourth-order valence-electron chi connectivity index (χ4n) is 6.08. The highest BCUT2D eigenvalue weighted by atomic mass is 16.5. The predicted octanol–water partition coefficient (Wildman–Crippen LogP) is 3.35. The molecule has 2 aromatic rings. The van der Waals surface area contributed by atoms with Gasteiger partial charge in [0.25, 0.3) is 5.91 Å². The number of methoxy groups -OCH3 is 1. The Bertz CT molecular complexity index is 1110. The van der Waals surface area contributed by atoms with Gasteiger partial charge in [-0.3, -0.25) is 24.2 Å². The Kier molecular flexibility index (Phi) is 4.25. The van der Waals surface area contributed by atoms with Crippen LogP contribution in [-0.2, 0) is 9.59 Å². The van der Waals surface area contributed by atoms with Crippen LogP contribution in [0.3, 0.4) is 0 Å². The lowest BCUT2D eigenvalue weighted by Gasteiger charge is -2.37. The highest BCUT2D eigenvalue weighted by molar-refractivity contribution is 6.10. The number of ether oxygens (including phenoxy) is 1. The minimum atomic E-state index is -0.283. The van der Waals surface area contributed by atoms with Crippen molar-refractivity contribution in [3.63, 3.8) is 0 Å². The van der Waals surface area contributed by atoms with Crippen LogP contribution in [0, 0.1) is 35.5 Å². The number of anilines is 1. The van der Waals surface area contributed by atoms with Gasteiger partial charge in [0.2, 0.25) is 11.8 Å². The number of benzene rings is 2. The summed E-state index contributed by atoms with van der Waals surface area (Å²) in [5, 5.41) is 0. The minimum absolute atomic E-state index is 0.0838. The number of imide groups is 1. The van der Waals surface area contributed by atoms with E-state index in [4.69, 9.17) is 4.74 Å². The van der Waals surface area contributed by atoms with E-state index in [0.717, 1.165) is 6.42 Å². The molecule has 32 heavy (non-hydrogen) atoms. The third-order valence-corrected chi connectivity index (χ3v) is 7.67. The van der Waals surface area contributed by atoms with Crippen LogP contribution >= 0.6 is 0 Å². The normalized spacial score (nSPS) is 31.3. The molecule has 2 bridgehead atoms. The zero-order valence-electron chi connectivity index (χ0n) is 17.8. The van der Waals surface area contributed by atoms with Crippen molar-refractivity contribution in [3.8, 4) is 5.75 Å². The highest BCUT2D eigenvalue weighted by Gasteiger charge is 2.67. The zero-order valence-corrected chi connectivity index (χ0v) is 17.8. The molecule has 0 unspecified atom stereocenters. The third-order valence-electron chi connectivity index (χ3n) is 7.67. The van der Waals surface area contributed by atoms with Gasteiger partial charge in [-0.1, -0.05) is 36.4 Å². The van der Waals surface area contributed by atoms with Gasteiger partial charge in [-0.25, -0.2) is 0 Å². The van der Waals surface area contributed by atoms with Crippen molar-refractivity contribution < 1.29 is 19.1 Å². The van der Waals surface area contributed by atoms with E-state index in [1.165, 1.54) is 9.80 Å². The molecule has 6 atom stereocenters. The van der Waals surface area contributed by atoms with Gasteiger partial charge >= 0.3 is 0 Å². The van der Waals surface area contributed by atoms with Crippen LogP contribution in [0.4, 0.5) is 5.69 Å². The molecule has 6 nitrogen and oxygen atoms in total. The van der Waals surface area contributed by atoms with E-state index < -0.39 is 0 Å². The van der Waals surface area contributed by atoms with Gasteiger partial charge in [-0.15, -0.1) is 0 Å². The second kappa shape index (κ2) is 7.05. The van der Waals surface area contributed by atoms with E-state index in [-0.39, 0.29) is 48.1 Å². The molecule has 0 radical (unpaired) electrons. The molecule has 2 aromatic carbocycles. The standard InChI is InChI=1S/C26H24N2O4/c1-32-17-9-5-6-15(12-17)24(29)27(16-7-3-2-4-8-16)14-28-25(30)22-18-10-11-19(21-13-20(18)21)23(22)26(28)31/h2-12,18-23H,13-14H2,1H3/t18-,19-,20-,21+,22-,23+/m0/s1. The van der Waals surface area contributed by atoms with Crippen molar-refractivity contribution in [2.75, 3.05) is 18.7 Å². The molecular weight excluding hydrogens is 404 g/mol. The maximum Gasteiger partial charge on any atom is 0.259 e. The maximum atomic E-state index is 13.5. The molecule has 7 rings (SSSR count). The second-order valence-corrected chi connectivity index (χ2v) is 9.20. The number of para-hydroxylation sites is 1. The topological polar surface area (TPSA) is 66.9 Å². The molecular formula is C26H24N2O4. The summed E-state index contributed by atoms with van der Waals surface area (Å²) in [6.45, 7) is -0.0838. The number of nitrogens with zero attached hydrogens (tertiary/aromatic N) is 2. The molecule has 1 aliphatic heterocycles. The zero-order chi connectivity index (χ0) is 22.0. The fourth-order valence-corrected chi connectivity index (χ4v) is 6.08. The van der Waals surface area contributed by atoms with Crippen LogP contribution in [0.15, 0.2) is 66.7 Å². The number of allylic oxidation sites excluding steroid dienone is 2. The summed E-state index contributed by atoms with van der Waals surface area (Å²) in [5.74, 6) is 0.897. The molecule has 0 N–H and O–H groups in total. The van der Waals surface area contributed by atoms with Gasteiger partial charge in [0, 0.05) is 11.3 Å². The van der Waals surface area contributed by atoms with Gasteiger partial charge in [-0.05, 0) is 60.4 Å². The predicted molar refractivity (Wildman–Crippen MR) is 118 cm³/mol. The Balaban J connectivity index is 1.33. The summed E-state index contributed by atoms with van der Waals surface area (Å²) in [6, 6.07) is 16.1. The highest BCUT2D eigenvalue weighted by Crippen LogP contribution is 2.65. The van der Waals surface area contributed by atoms with Crippen molar-refractivity contribution in [1.82, 2.24) is 4.90 Å². The largest absolute Gasteiger partial charge is 0.497 e. The molecule has 3 fully saturated rings. The molecule has 1 heterocycles. The Morgan fingerprint density at radius 3 is 2.25 bits per heavy atom. The number of likely N-dealkylation sites (tertiary alicyclic amines) is 1. The van der Waals surface area contributed by atoms with Crippen LogP contribution in [0.2, 0.25) is 0 Å². The van der Waals surface area contributed by atoms with E-state index in [0.29, 0.717) is 28.8 Å². The average Bonchev–Trinajstić information content (AvgIpc) is 3.62. The second-order valence-electron chi connectivity index (χ2n) is 9.20. The smallest absolute Gasteiger partial charge is 0.259 e. The van der Waals surface area contributed by atoms with E-state index in [1.54, 1.807) is 31.4 Å². The van der Waals surface area contributed by atoms with E-state index in [2.05, 4.69) is 12.2 Å². The first kappa shape index (κ1) is 19.3. The van der Waals surface area contributed by atoms with Gasteiger partial charge in [0.05, 0.1) is 18.9 Å². The molecule has 4 aliphatic carbocycles. The summed E-state index contributed by atoms with van der Waals surface area (Å²) >= 11 is 0. The molecule has 2 saturated carbocycles. The lowest BCUT2D eigenvalue weighted by Crippen LogP contribution is -2.45. The van der Waals surface area contributed by atoms with Crippen LogP contribution in [0.25, 0.3) is 0 Å². The molecule has 0 aromatic heterocycles. The van der Waals surface area contributed by atoms with Crippen molar-refractivity contribution in [1.29, 1.82) is 0 Å². The van der Waals surface area contributed by atoms with Crippen molar-refractivity contribution in [2.24, 2.45) is 35.5 Å². The Labute approximate surface area is 186 Å². The number of amides is 3. The first-order valence-electron chi connectivity index (χ1n) is 11.1. The molecule has 0 spiro atoms. The van der Waals surface area contributed by atoms with Gasteiger partial charge < -0.3 is 4.74 Å². The first-order valence-corrected chi connectivity index (χ1v) is 11.1. The third kappa shape index (κ3) is 2.75.